The van der Waals surface area contributed by atoms with Gasteiger partial charge in [0.25, 0.3) is 0 Å². The van der Waals surface area contributed by atoms with E-state index in [0.717, 1.165) is 23.3 Å². The highest BCUT2D eigenvalue weighted by molar-refractivity contribution is 6.17. The molecule has 1 aliphatic rings. The molecule has 0 saturated heterocycles. The van der Waals surface area contributed by atoms with Gasteiger partial charge in [0.2, 0.25) is 0 Å². The molecule has 0 saturated carbocycles. The van der Waals surface area contributed by atoms with Gasteiger partial charge >= 0.3 is 0 Å². The number of imidazole rings is 1. The number of hydrogen-bond acceptors (Lipinski definition) is 2. The average Bonchev–Trinajstić information content (AvgIpc) is 2.92. The molecule has 0 N–H and O–H groups in total. The molecule has 0 aliphatic heterocycles. The second-order valence-electron chi connectivity index (χ2n) is 5.48. The van der Waals surface area contributed by atoms with E-state index in [1.807, 2.05) is 12.3 Å². The molecule has 0 amide bonds. The quantitative estimate of drug-likeness (QED) is 0.668. The van der Waals surface area contributed by atoms with Crippen molar-refractivity contribution in [2.75, 3.05) is 0 Å². The predicted octanol–water partition coefficient (Wildman–Crippen LogP) is 4.04. The molecule has 2 heterocycles. The summed E-state index contributed by atoms with van der Waals surface area (Å²) in [6.07, 6.45) is 8.47. The smallest absolute Gasteiger partial charge is 0.129 e. The van der Waals surface area contributed by atoms with Crippen LogP contribution in [0.2, 0.25) is 0 Å². The van der Waals surface area contributed by atoms with Crippen molar-refractivity contribution in [3.63, 3.8) is 0 Å². The first kappa shape index (κ1) is 12.8. The van der Waals surface area contributed by atoms with Crippen molar-refractivity contribution >= 4 is 22.6 Å². The van der Waals surface area contributed by atoms with E-state index >= 15 is 0 Å². The fraction of sp³-hybridized carbons (Fsp3) is 0.294. The van der Waals surface area contributed by atoms with Crippen molar-refractivity contribution in [1.29, 1.82) is 0 Å². The maximum atomic E-state index is 6.13. The number of nitrogens with zero attached hydrogens (tertiary/aromatic N) is 3. The number of halogens is 1. The van der Waals surface area contributed by atoms with Gasteiger partial charge in [0.05, 0.1) is 23.3 Å². The zero-order valence-corrected chi connectivity index (χ0v) is 12.5. The molecule has 1 aromatic carbocycles. The summed E-state index contributed by atoms with van der Waals surface area (Å²) in [5.74, 6) is 1.29. The zero-order chi connectivity index (χ0) is 14.2. The zero-order valence-electron chi connectivity index (χ0n) is 11.7. The normalized spacial score (nSPS) is 14.3. The highest BCUT2D eigenvalue weighted by Crippen LogP contribution is 2.30. The highest BCUT2D eigenvalue weighted by atomic mass is 35.5. The molecule has 106 valence electrons. The maximum absolute atomic E-state index is 6.13. The van der Waals surface area contributed by atoms with Gasteiger partial charge in [-0.25, -0.2) is 4.98 Å². The molecule has 21 heavy (non-hydrogen) atoms. The van der Waals surface area contributed by atoms with E-state index in [0.29, 0.717) is 5.88 Å². The summed E-state index contributed by atoms with van der Waals surface area (Å²) in [4.78, 5) is 8.79. The van der Waals surface area contributed by atoms with Gasteiger partial charge < -0.3 is 0 Å². The van der Waals surface area contributed by atoms with E-state index in [9.17, 15) is 0 Å². The standard InChI is InChI=1S/C17H16ClN3/c18-10-17-20-14-11-19-9-8-16(14)21(17)15-7-3-5-12-4-1-2-6-13(12)15/h3,5,7-9,11H,1-2,4,6,10H2. The number of hydrogen-bond donors (Lipinski definition) is 0. The molecule has 0 atom stereocenters. The van der Waals surface area contributed by atoms with E-state index in [1.165, 1.54) is 36.1 Å². The minimum Gasteiger partial charge on any atom is -0.295 e. The van der Waals surface area contributed by atoms with Crippen LogP contribution in [0.3, 0.4) is 0 Å². The van der Waals surface area contributed by atoms with Crippen molar-refractivity contribution in [3.05, 3.63) is 53.6 Å². The molecule has 2 aromatic heterocycles. The third-order valence-electron chi connectivity index (χ3n) is 4.26. The van der Waals surface area contributed by atoms with Crippen LogP contribution in [0.25, 0.3) is 16.7 Å². The molecule has 0 bridgehead atoms. The van der Waals surface area contributed by atoms with E-state index in [-0.39, 0.29) is 0 Å². The summed E-state index contributed by atoms with van der Waals surface area (Å²) in [5, 5.41) is 0. The Bertz CT molecular complexity index is 807. The SMILES string of the molecule is ClCc1nc2cnccc2n1-c1cccc2c1CCCC2. The van der Waals surface area contributed by atoms with Crippen molar-refractivity contribution in [2.45, 2.75) is 31.6 Å². The van der Waals surface area contributed by atoms with Crippen LogP contribution in [0.5, 0.6) is 0 Å². The number of benzene rings is 1. The van der Waals surface area contributed by atoms with Crippen LogP contribution in [0.1, 0.15) is 29.8 Å². The number of fused-ring (bicyclic) bond motifs is 2. The monoisotopic (exact) mass is 297 g/mol. The summed E-state index contributed by atoms with van der Waals surface area (Å²) in [6, 6.07) is 8.59. The number of alkyl halides is 1. The first-order valence-corrected chi connectivity index (χ1v) is 7.90. The van der Waals surface area contributed by atoms with Crippen LogP contribution in [-0.2, 0) is 18.7 Å². The second kappa shape index (κ2) is 5.15. The minimum absolute atomic E-state index is 0.401. The Hall–Kier alpha value is -1.87. The molecular formula is C17H16ClN3. The van der Waals surface area contributed by atoms with Gasteiger partial charge in [-0.15, -0.1) is 11.6 Å². The van der Waals surface area contributed by atoms with Crippen molar-refractivity contribution in [1.82, 2.24) is 14.5 Å². The third-order valence-corrected chi connectivity index (χ3v) is 4.50. The lowest BCUT2D eigenvalue weighted by atomic mass is 9.90. The van der Waals surface area contributed by atoms with Crippen molar-refractivity contribution < 1.29 is 0 Å². The molecule has 0 spiro atoms. The number of rotatable bonds is 2. The number of pyridine rings is 1. The van der Waals surface area contributed by atoms with Gasteiger partial charge in [-0.1, -0.05) is 12.1 Å². The van der Waals surface area contributed by atoms with E-state index in [1.54, 1.807) is 6.20 Å². The van der Waals surface area contributed by atoms with Gasteiger partial charge in [-0.3, -0.25) is 9.55 Å². The fourth-order valence-corrected chi connectivity index (χ4v) is 3.49. The summed E-state index contributed by atoms with van der Waals surface area (Å²) in [6.45, 7) is 0. The lowest BCUT2D eigenvalue weighted by Crippen LogP contribution is -2.09. The lowest BCUT2D eigenvalue weighted by Gasteiger charge is -2.21. The van der Waals surface area contributed by atoms with Crippen molar-refractivity contribution in [2.24, 2.45) is 0 Å². The highest BCUT2D eigenvalue weighted by Gasteiger charge is 2.18. The van der Waals surface area contributed by atoms with E-state index in [2.05, 4.69) is 32.7 Å². The largest absolute Gasteiger partial charge is 0.295 e. The minimum atomic E-state index is 0.401. The Morgan fingerprint density at radius 2 is 2.05 bits per heavy atom. The van der Waals surface area contributed by atoms with Gasteiger partial charge in [0.1, 0.15) is 11.3 Å². The summed E-state index contributed by atoms with van der Waals surface area (Å²) < 4.78 is 2.20. The Morgan fingerprint density at radius 1 is 1.14 bits per heavy atom. The molecule has 1 aliphatic carbocycles. The Labute approximate surface area is 128 Å². The van der Waals surface area contributed by atoms with Crippen molar-refractivity contribution in [3.8, 4) is 5.69 Å². The Kier molecular flexibility index (Phi) is 3.15. The molecule has 3 aromatic rings. The van der Waals surface area contributed by atoms with Crippen LogP contribution >= 0.6 is 11.6 Å². The van der Waals surface area contributed by atoms with Gasteiger partial charge in [0.15, 0.2) is 0 Å². The Balaban J connectivity index is 2.02. The molecule has 4 rings (SSSR count). The first-order chi connectivity index (χ1) is 10.4. The van der Waals surface area contributed by atoms with Crippen LogP contribution in [-0.4, -0.2) is 14.5 Å². The van der Waals surface area contributed by atoms with Crippen LogP contribution in [0.4, 0.5) is 0 Å². The van der Waals surface area contributed by atoms with Gasteiger partial charge in [-0.05, 0) is 48.9 Å². The molecule has 0 radical (unpaired) electrons. The van der Waals surface area contributed by atoms with E-state index < -0.39 is 0 Å². The summed E-state index contributed by atoms with van der Waals surface area (Å²) in [7, 11) is 0. The molecule has 0 fully saturated rings. The van der Waals surface area contributed by atoms with Gasteiger partial charge in [-0.2, -0.15) is 0 Å². The first-order valence-electron chi connectivity index (χ1n) is 7.37. The predicted molar refractivity (Wildman–Crippen MR) is 85.1 cm³/mol. The summed E-state index contributed by atoms with van der Waals surface area (Å²) >= 11 is 6.13. The lowest BCUT2D eigenvalue weighted by molar-refractivity contribution is 0.681. The Morgan fingerprint density at radius 3 is 2.95 bits per heavy atom. The molecule has 0 unspecified atom stereocenters. The number of aromatic nitrogens is 3. The third kappa shape index (κ3) is 2.04. The molecular weight excluding hydrogens is 282 g/mol. The van der Waals surface area contributed by atoms with Crippen LogP contribution in [0, 0.1) is 0 Å². The molecule has 4 heteroatoms. The van der Waals surface area contributed by atoms with Crippen LogP contribution < -0.4 is 0 Å². The summed E-state index contributed by atoms with van der Waals surface area (Å²) in [5.41, 5.74) is 6.14. The fourth-order valence-electron chi connectivity index (χ4n) is 3.31. The van der Waals surface area contributed by atoms with Crippen LogP contribution in [0.15, 0.2) is 36.7 Å². The van der Waals surface area contributed by atoms with E-state index in [4.69, 9.17) is 11.6 Å². The molecule has 3 nitrogen and oxygen atoms in total. The average molecular weight is 298 g/mol. The maximum Gasteiger partial charge on any atom is 0.129 e. The van der Waals surface area contributed by atoms with Gasteiger partial charge in [0, 0.05) is 6.20 Å². The second-order valence-corrected chi connectivity index (χ2v) is 5.75. The topological polar surface area (TPSA) is 30.7 Å². The number of aryl methyl sites for hydroxylation is 1.